The van der Waals surface area contributed by atoms with E-state index in [2.05, 4.69) is 10.1 Å². The van der Waals surface area contributed by atoms with Gasteiger partial charge in [-0.2, -0.15) is 9.78 Å². The molecule has 2 rings (SSSR count). The Kier molecular flexibility index (Phi) is 2.49. The van der Waals surface area contributed by atoms with Crippen LogP contribution < -0.4 is 11.5 Å². The third kappa shape index (κ3) is 1.59. The van der Waals surface area contributed by atoms with E-state index in [9.17, 15) is 4.79 Å². The molecule has 0 unspecified atom stereocenters. The number of nitrogen functional groups attached to an aromatic ring is 1. The number of carbonyl (C=O) groups is 1. The van der Waals surface area contributed by atoms with E-state index in [1.54, 1.807) is 18.3 Å². The van der Waals surface area contributed by atoms with Gasteiger partial charge in [0.2, 0.25) is 0 Å². The van der Waals surface area contributed by atoms with Gasteiger partial charge in [0.1, 0.15) is 11.4 Å². The molecule has 0 spiro atoms. The van der Waals surface area contributed by atoms with Crippen molar-refractivity contribution in [1.82, 2.24) is 14.8 Å². The number of nitrogens with two attached hydrogens (primary N) is 2. The van der Waals surface area contributed by atoms with Crippen molar-refractivity contribution in [3.63, 3.8) is 0 Å². The third-order valence-corrected chi connectivity index (χ3v) is 2.31. The summed E-state index contributed by atoms with van der Waals surface area (Å²) in [6.07, 6.45) is 2.83. The number of hydrogen-bond acceptors (Lipinski definition) is 4. The highest BCUT2D eigenvalue weighted by molar-refractivity contribution is 6.32. The van der Waals surface area contributed by atoms with E-state index in [-0.39, 0.29) is 11.4 Å². The number of pyridine rings is 1. The SMILES string of the molecule is NC(=O)c1cnn(-c2ncccc2Cl)c1N. The molecule has 16 heavy (non-hydrogen) atoms. The standard InChI is InChI=1S/C9H8ClN5O/c10-6-2-1-3-13-9(6)15-7(11)5(4-14-15)8(12)16/h1-4H,11H2,(H2,12,16). The molecule has 0 radical (unpaired) electrons. The Morgan fingerprint density at radius 2 is 2.25 bits per heavy atom. The summed E-state index contributed by atoms with van der Waals surface area (Å²) < 4.78 is 1.27. The fourth-order valence-electron chi connectivity index (χ4n) is 1.25. The maximum atomic E-state index is 11.0. The molecule has 0 aliphatic rings. The second kappa shape index (κ2) is 3.82. The van der Waals surface area contributed by atoms with Gasteiger partial charge in [0, 0.05) is 6.20 Å². The van der Waals surface area contributed by atoms with Crippen molar-refractivity contribution in [1.29, 1.82) is 0 Å². The molecule has 0 bridgehead atoms. The summed E-state index contributed by atoms with van der Waals surface area (Å²) in [5, 5.41) is 4.29. The molecule has 82 valence electrons. The maximum absolute atomic E-state index is 11.0. The monoisotopic (exact) mass is 237 g/mol. The van der Waals surface area contributed by atoms with E-state index in [0.717, 1.165) is 0 Å². The number of anilines is 1. The van der Waals surface area contributed by atoms with E-state index < -0.39 is 5.91 Å². The Hall–Kier alpha value is -2.08. The fraction of sp³-hybridized carbons (Fsp3) is 0. The summed E-state index contributed by atoms with van der Waals surface area (Å²) in [6, 6.07) is 3.33. The van der Waals surface area contributed by atoms with Crippen LogP contribution in [0.5, 0.6) is 0 Å². The average molecular weight is 238 g/mol. The molecule has 7 heteroatoms. The molecule has 4 N–H and O–H groups in total. The molecule has 2 aromatic rings. The normalized spacial score (nSPS) is 10.3. The van der Waals surface area contributed by atoms with Gasteiger partial charge in [-0.25, -0.2) is 4.98 Å². The first-order chi connectivity index (χ1) is 7.61. The van der Waals surface area contributed by atoms with Crippen LogP contribution in [-0.4, -0.2) is 20.7 Å². The molecule has 0 aromatic carbocycles. The molecule has 0 fully saturated rings. The van der Waals surface area contributed by atoms with Gasteiger partial charge in [-0.1, -0.05) is 11.6 Å². The van der Waals surface area contributed by atoms with Crippen molar-refractivity contribution >= 4 is 23.3 Å². The predicted octanol–water partition coefficient (Wildman–Crippen LogP) is 0.602. The molecule has 6 nitrogen and oxygen atoms in total. The van der Waals surface area contributed by atoms with E-state index in [0.29, 0.717) is 10.8 Å². The van der Waals surface area contributed by atoms with Crippen molar-refractivity contribution in [2.24, 2.45) is 5.73 Å². The van der Waals surface area contributed by atoms with Crippen LogP contribution in [0.4, 0.5) is 5.82 Å². The first-order valence-electron chi connectivity index (χ1n) is 4.35. The number of primary amides is 1. The van der Waals surface area contributed by atoms with Crippen molar-refractivity contribution in [3.8, 4) is 5.82 Å². The average Bonchev–Trinajstić information content (AvgIpc) is 2.61. The molecule has 2 aromatic heterocycles. The van der Waals surface area contributed by atoms with Gasteiger partial charge >= 0.3 is 0 Å². The van der Waals surface area contributed by atoms with Gasteiger partial charge < -0.3 is 11.5 Å². The molecular weight excluding hydrogens is 230 g/mol. The van der Waals surface area contributed by atoms with Gasteiger partial charge in [-0.05, 0) is 12.1 Å². The van der Waals surface area contributed by atoms with Crippen molar-refractivity contribution in [3.05, 3.63) is 35.1 Å². The van der Waals surface area contributed by atoms with Crippen LogP contribution in [0.2, 0.25) is 5.02 Å². The fourth-order valence-corrected chi connectivity index (χ4v) is 1.45. The lowest BCUT2D eigenvalue weighted by molar-refractivity contribution is 0.100. The molecule has 1 amide bonds. The number of aromatic nitrogens is 3. The number of halogens is 1. The van der Waals surface area contributed by atoms with E-state index in [1.807, 2.05) is 0 Å². The Balaban J connectivity index is 2.58. The molecular formula is C9H8ClN5O. The second-order valence-corrected chi connectivity index (χ2v) is 3.44. The van der Waals surface area contributed by atoms with Crippen molar-refractivity contribution in [2.75, 3.05) is 5.73 Å². The van der Waals surface area contributed by atoms with Gasteiger partial charge in [0.25, 0.3) is 5.91 Å². The zero-order valence-electron chi connectivity index (χ0n) is 8.09. The lowest BCUT2D eigenvalue weighted by Crippen LogP contribution is -2.13. The van der Waals surface area contributed by atoms with Crippen molar-refractivity contribution < 1.29 is 4.79 Å². The summed E-state index contributed by atoms with van der Waals surface area (Å²) in [4.78, 5) is 15.0. The molecule has 0 saturated heterocycles. The summed E-state index contributed by atoms with van der Waals surface area (Å²) in [5.41, 5.74) is 11.0. The number of hydrogen-bond donors (Lipinski definition) is 2. The van der Waals surface area contributed by atoms with E-state index >= 15 is 0 Å². The summed E-state index contributed by atoms with van der Waals surface area (Å²) in [7, 11) is 0. The van der Waals surface area contributed by atoms with Crippen LogP contribution in [0, 0.1) is 0 Å². The minimum atomic E-state index is -0.643. The summed E-state index contributed by atoms with van der Waals surface area (Å²) in [6.45, 7) is 0. The molecule has 0 atom stereocenters. The Bertz CT molecular complexity index is 551. The van der Waals surface area contributed by atoms with Crippen LogP contribution in [-0.2, 0) is 0 Å². The summed E-state index contributed by atoms with van der Waals surface area (Å²) in [5.74, 6) is -0.168. The minimum absolute atomic E-state index is 0.119. The van der Waals surface area contributed by atoms with Crippen LogP contribution in [0.15, 0.2) is 24.5 Å². The second-order valence-electron chi connectivity index (χ2n) is 3.03. The van der Waals surface area contributed by atoms with Gasteiger partial charge in [0.15, 0.2) is 5.82 Å². The highest BCUT2D eigenvalue weighted by Crippen LogP contribution is 2.21. The number of amides is 1. The van der Waals surface area contributed by atoms with Crippen molar-refractivity contribution in [2.45, 2.75) is 0 Å². The van der Waals surface area contributed by atoms with Gasteiger partial charge in [-0.15, -0.1) is 0 Å². The zero-order valence-corrected chi connectivity index (χ0v) is 8.85. The largest absolute Gasteiger partial charge is 0.383 e. The Morgan fingerprint density at radius 3 is 2.81 bits per heavy atom. The molecule has 0 aliphatic carbocycles. The van der Waals surface area contributed by atoms with Crippen LogP contribution >= 0.6 is 11.6 Å². The first kappa shape index (κ1) is 10.4. The van der Waals surface area contributed by atoms with Gasteiger partial charge in [0.05, 0.1) is 11.2 Å². The Labute approximate surface area is 95.8 Å². The smallest absolute Gasteiger partial charge is 0.254 e. The molecule has 2 heterocycles. The quantitative estimate of drug-likeness (QED) is 0.799. The van der Waals surface area contributed by atoms with Gasteiger partial charge in [-0.3, -0.25) is 4.79 Å². The van der Waals surface area contributed by atoms with E-state index in [4.69, 9.17) is 23.1 Å². The summed E-state index contributed by atoms with van der Waals surface area (Å²) >= 11 is 5.92. The minimum Gasteiger partial charge on any atom is -0.383 e. The van der Waals surface area contributed by atoms with E-state index in [1.165, 1.54) is 10.9 Å². The Morgan fingerprint density at radius 1 is 1.50 bits per heavy atom. The highest BCUT2D eigenvalue weighted by atomic mass is 35.5. The predicted molar refractivity (Wildman–Crippen MR) is 59.3 cm³/mol. The lowest BCUT2D eigenvalue weighted by Gasteiger charge is -2.04. The lowest BCUT2D eigenvalue weighted by atomic mass is 10.3. The zero-order chi connectivity index (χ0) is 11.7. The molecule has 0 aliphatic heterocycles. The number of rotatable bonds is 2. The van der Waals surface area contributed by atoms with Crippen LogP contribution in [0.3, 0.4) is 0 Å². The third-order valence-electron chi connectivity index (χ3n) is 2.01. The molecule has 0 saturated carbocycles. The first-order valence-corrected chi connectivity index (χ1v) is 4.73. The number of nitrogens with zero attached hydrogens (tertiary/aromatic N) is 3. The maximum Gasteiger partial charge on any atom is 0.254 e. The topological polar surface area (TPSA) is 99.8 Å². The van der Waals surface area contributed by atoms with Crippen LogP contribution in [0.1, 0.15) is 10.4 Å². The highest BCUT2D eigenvalue weighted by Gasteiger charge is 2.15. The van der Waals surface area contributed by atoms with Crippen LogP contribution in [0.25, 0.3) is 5.82 Å². The number of carbonyl (C=O) groups excluding carboxylic acids is 1.